The molecule has 0 aromatic rings. The molecule has 0 radical (unpaired) electrons. The van der Waals surface area contributed by atoms with Gasteiger partial charge >= 0.3 is 15.2 Å². The highest BCUT2D eigenvalue weighted by molar-refractivity contribution is 7.77. The van der Waals surface area contributed by atoms with E-state index < -0.39 is 20.2 Å². The molecule has 0 saturated heterocycles. The van der Waals surface area contributed by atoms with E-state index in [9.17, 15) is 9.13 Å². The van der Waals surface area contributed by atoms with E-state index in [1.165, 1.54) is 11.1 Å². The van der Waals surface area contributed by atoms with Crippen molar-refractivity contribution in [2.45, 2.75) is 53.4 Å². The highest BCUT2D eigenvalue weighted by Gasteiger charge is 2.36. The highest BCUT2D eigenvalue weighted by atomic mass is 31.2. The molecule has 0 fully saturated rings. The first kappa shape index (κ1) is 22.5. The van der Waals surface area contributed by atoms with Gasteiger partial charge in [0.1, 0.15) is 5.06 Å². The van der Waals surface area contributed by atoms with Crippen LogP contribution in [0.15, 0.2) is 34.4 Å². The topological polar surface area (TPSA) is 115 Å². The molecule has 1 atom stereocenters. The summed E-state index contributed by atoms with van der Waals surface area (Å²) in [5.41, 5.74) is 2.50. The lowest BCUT2D eigenvalue weighted by molar-refractivity contribution is 0.366. The van der Waals surface area contributed by atoms with Crippen molar-refractivity contribution in [3.63, 3.8) is 0 Å². The Labute approximate surface area is 138 Å². The maximum Gasteiger partial charge on any atom is 0.364 e. The van der Waals surface area contributed by atoms with Crippen LogP contribution in [0.4, 0.5) is 0 Å². The minimum absolute atomic E-state index is 0.341. The average Bonchev–Trinajstić information content (AvgIpc) is 2.32. The van der Waals surface area contributed by atoms with Gasteiger partial charge in [0.05, 0.1) is 0 Å². The van der Waals surface area contributed by atoms with Crippen LogP contribution in [0.1, 0.15) is 53.4 Å². The summed E-state index contributed by atoms with van der Waals surface area (Å²) in [7, 11) is -9.90. The molecule has 0 heterocycles. The van der Waals surface area contributed by atoms with Crippen LogP contribution in [0.25, 0.3) is 0 Å². The Morgan fingerprint density at radius 1 is 0.957 bits per heavy atom. The third-order valence-electron chi connectivity index (χ3n) is 3.24. The summed E-state index contributed by atoms with van der Waals surface area (Å²) < 4.78 is 22.4. The van der Waals surface area contributed by atoms with Crippen LogP contribution in [0.2, 0.25) is 0 Å². The zero-order valence-corrected chi connectivity index (χ0v) is 15.9. The molecule has 0 bridgehead atoms. The van der Waals surface area contributed by atoms with Gasteiger partial charge in [0, 0.05) is 0 Å². The van der Waals surface area contributed by atoms with Crippen molar-refractivity contribution in [3.8, 4) is 0 Å². The standard InChI is InChI=1S/C15H28O6P2/c1-12(2)7-5-8-13(3)9-6-10-14(4)11-15(22(16,17)18)23(19,20)21/h7,9,11,14H,5-6,8,10H2,1-4H3,(H2,16,17,18)(H2,19,20,21). The molecule has 8 heteroatoms. The molecule has 0 aliphatic rings. The van der Waals surface area contributed by atoms with Crippen LogP contribution in [0.3, 0.4) is 0 Å². The Balaban J connectivity index is 4.68. The van der Waals surface area contributed by atoms with Gasteiger partial charge in [0.15, 0.2) is 0 Å². The Morgan fingerprint density at radius 2 is 1.48 bits per heavy atom. The van der Waals surface area contributed by atoms with Gasteiger partial charge < -0.3 is 19.6 Å². The van der Waals surface area contributed by atoms with E-state index in [0.29, 0.717) is 12.8 Å². The maximum absolute atomic E-state index is 11.2. The van der Waals surface area contributed by atoms with Crippen molar-refractivity contribution < 1.29 is 28.7 Å². The predicted octanol–water partition coefficient (Wildman–Crippen LogP) is 4.29. The van der Waals surface area contributed by atoms with Crippen LogP contribution in [-0.2, 0) is 9.13 Å². The van der Waals surface area contributed by atoms with E-state index in [1.807, 2.05) is 20.8 Å². The second kappa shape index (κ2) is 9.73. The van der Waals surface area contributed by atoms with Crippen molar-refractivity contribution in [1.82, 2.24) is 0 Å². The smallest absolute Gasteiger partial charge is 0.321 e. The Morgan fingerprint density at radius 3 is 1.91 bits per heavy atom. The fourth-order valence-electron chi connectivity index (χ4n) is 1.98. The Kier molecular flexibility index (Phi) is 9.53. The molecule has 134 valence electrons. The van der Waals surface area contributed by atoms with E-state index in [2.05, 4.69) is 12.2 Å². The van der Waals surface area contributed by atoms with Gasteiger partial charge in [-0.2, -0.15) is 0 Å². The van der Waals surface area contributed by atoms with Crippen LogP contribution in [-0.4, -0.2) is 19.6 Å². The normalized spacial score (nSPS) is 14.3. The molecule has 0 aromatic heterocycles. The lowest BCUT2D eigenvalue weighted by atomic mass is 10.0. The third kappa shape index (κ3) is 10.8. The summed E-state index contributed by atoms with van der Waals surface area (Å²) in [4.78, 5) is 36.2. The van der Waals surface area contributed by atoms with Gasteiger partial charge in [0.2, 0.25) is 0 Å². The molecule has 0 spiro atoms. The van der Waals surface area contributed by atoms with Crippen LogP contribution in [0, 0.1) is 5.92 Å². The summed E-state index contributed by atoms with van der Waals surface area (Å²) in [5.74, 6) is -0.341. The molecule has 0 aliphatic carbocycles. The lowest BCUT2D eigenvalue weighted by Gasteiger charge is -2.13. The van der Waals surface area contributed by atoms with Crippen molar-refractivity contribution >= 4 is 15.2 Å². The molecular weight excluding hydrogens is 338 g/mol. The van der Waals surface area contributed by atoms with Gasteiger partial charge in [0.25, 0.3) is 0 Å². The molecule has 0 rings (SSSR count). The van der Waals surface area contributed by atoms with E-state index in [1.54, 1.807) is 6.92 Å². The van der Waals surface area contributed by atoms with E-state index >= 15 is 0 Å². The van der Waals surface area contributed by atoms with Gasteiger partial charge in [-0.05, 0) is 52.4 Å². The molecule has 23 heavy (non-hydrogen) atoms. The molecule has 0 aromatic carbocycles. The predicted molar refractivity (Wildman–Crippen MR) is 93.0 cm³/mol. The summed E-state index contributed by atoms with van der Waals surface area (Å²) in [5, 5.41) is -1.08. The first-order valence-corrected chi connectivity index (χ1v) is 10.7. The van der Waals surface area contributed by atoms with Crippen LogP contribution >= 0.6 is 15.2 Å². The van der Waals surface area contributed by atoms with Gasteiger partial charge in [-0.1, -0.05) is 36.3 Å². The summed E-state index contributed by atoms with van der Waals surface area (Å²) in [6.45, 7) is 7.80. The number of allylic oxidation sites excluding steroid dienone is 5. The largest absolute Gasteiger partial charge is 0.364 e. The zero-order valence-electron chi connectivity index (χ0n) is 14.1. The van der Waals surface area contributed by atoms with Gasteiger partial charge in [-0.15, -0.1) is 0 Å². The van der Waals surface area contributed by atoms with Crippen molar-refractivity contribution in [1.29, 1.82) is 0 Å². The second-order valence-corrected chi connectivity index (χ2v) is 9.53. The quantitative estimate of drug-likeness (QED) is 0.357. The molecule has 1 unspecified atom stereocenters. The Bertz CT molecular complexity index is 537. The van der Waals surface area contributed by atoms with Crippen molar-refractivity contribution in [3.05, 3.63) is 34.4 Å². The minimum atomic E-state index is -4.95. The monoisotopic (exact) mass is 366 g/mol. The number of rotatable bonds is 9. The highest BCUT2D eigenvalue weighted by Crippen LogP contribution is 2.64. The lowest BCUT2D eigenvalue weighted by Crippen LogP contribution is -1.95. The maximum atomic E-state index is 11.2. The summed E-state index contributed by atoms with van der Waals surface area (Å²) >= 11 is 0. The Hall–Kier alpha value is -0.480. The molecule has 6 nitrogen and oxygen atoms in total. The SMILES string of the molecule is CC(C)=CCCC(C)=CCCC(C)C=C(P(=O)(O)O)P(=O)(O)O. The van der Waals surface area contributed by atoms with E-state index in [-0.39, 0.29) is 5.92 Å². The fourth-order valence-corrected chi connectivity index (χ4v) is 4.24. The molecule has 0 amide bonds. The molecule has 4 N–H and O–H groups in total. The molecular formula is C15H28O6P2. The van der Waals surface area contributed by atoms with E-state index in [0.717, 1.165) is 18.9 Å². The zero-order chi connectivity index (χ0) is 18.3. The van der Waals surface area contributed by atoms with Crippen LogP contribution < -0.4 is 0 Å². The molecule has 0 aliphatic heterocycles. The first-order chi connectivity index (χ1) is 10.3. The number of hydrogen-bond acceptors (Lipinski definition) is 2. The summed E-state index contributed by atoms with van der Waals surface area (Å²) in [6.07, 6.45) is 8.39. The average molecular weight is 366 g/mol. The van der Waals surface area contributed by atoms with Crippen LogP contribution in [0.5, 0.6) is 0 Å². The van der Waals surface area contributed by atoms with Gasteiger partial charge in [-0.25, -0.2) is 0 Å². The fraction of sp³-hybridized carbons (Fsp3) is 0.600. The van der Waals surface area contributed by atoms with Crippen molar-refractivity contribution in [2.24, 2.45) is 5.92 Å². The van der Waals surface area contributed by atoms with Crippen molar-refractivity contribution in [2.75, 3.05) is 0 Å². The van der Waals surface area contributed by atoms with Gasteiger partial charge in [-0.3, -0.25) is 9.13 Å². The first-order valence-electron chi connectivity index (χ1n) is 7.47. The summed E-state index contributed by atoms with van der Waals surface area (Å²) in [6, 6.07) is 0. The second-order valence-electron chi connectivity index (χ2n) is 6.04. The minimum Gasteiger partial charge on any atom is -0.321 e. The molecule has 0 saturated carbocycles. The van der Waals surface area contributed by atoms with E-state index in [4.69, 9.17) is 19.6 Å². The third-order valence-corrected chi connectivity index (χ3v) is 6.29. The number of hydrogen-bond donors (Lipinski definition) is 4.